The molecule has 3 aromatic carbocycles. The number of barbiturate groups is 1. The van der Waals surface area contributed by atoms with E-state index < -0.39 is 17.8 Å². The third kappa shape index (κ3) is 4.82. The van der Waals surface area contributed by atoms with Crippen LogP contribution in [0.1, 0.15) is 11.1 Å². The summed E-state index contributed by atoms with van der Waals surface area (Å²) in [4.78, 5) is 38.5. The Balaban J connectivity index is 1.57. The minimum absolute atomic E-state index is 0.181. The first-order valence-electron chi connectivity index (χ1n) is 9.55. The molecule has 4 amide bonds. The summed E-state index contributed by atoms with van der Waals surface area (Å²) in [6.07, 6.45) is 1.41. The third-order valence-electron chi connectivity index (χ3n) is 4.66. The molecule has 1 fully saturated rings. The Labute approximate surface area is 194 Å². The second kappa shape index (κ2) is 9.26. The van der Waals surface area contributed by atoms with Gasteiger partial charge in [0.1, 0.15) is 17.9 Å². The molecule has 1 aliphatic heterocycles. The van der Waals surface area contributed by atoms with Crippen molar-refractivity contribution < 1.29 is 19.1 Å². The van der Waals surface area contributed by atoms with Crippen LogP contribution in [0, 0.1) is 0 Å². The molecule has 8 heteroatoms. The number of nitrogens with one attached hydrogen (secondary N) is 1. The van der Waals surface area contributed by atoms with E-state index in [1.807, 2.05) is 12.1 Å². The lowest BCUT2D eigenvalue weighted by Crippen LogP contribution is -2.54. The highest BCUT2D eigenvalue weighted by atomic mass is 35.5. The largest absolute Gasteiger partial charge is 0.489 e. The highest BCUT2D eigenvalue weighted by Gasteiger charge is 2.36. The van der Waals surface area contributed by atoms with Crippen molar-refractivity contribution in [1.82, 2.24) is 5.32 Å². The number of hydrogen-bond acceptors (Lipinski definition) is 4. The summed E-state index contributed by atoms with van der Waals surface area (Å²) in [5.74, 6) is -0.958. The van der Waals surface area contributed by atoms with E-state index in [0.29, 0.717) is 28.0 Å². The number of anilines is 1. The molecule has 1 aliphatic rings. The zero-order chi connectivity index (χ0) is 22.7. The van der Waals surface area contributed by atoms with Crippen LogP contribution in [0.4, 0.5) is 10.5 Å². The summed E-state index contributed by atoms with van der Waals surface area (Å²) in [5.41, 5.74) is 1.59. The van der Waals surface area contributed by atoms with Crippen molar-refractivity contribution in [1.29, 1.82) is 0 Å². The summed E-state index contributed by atoms with van der Waals surface area (Å²) in [6.45, 7) is 0.327. The van der Waals surface area contributed by atoms with Crippen LogP contribution in [0.25, 0.3) is 6.08 Å². The van der Waals surface area contributed by atoms with E-state index in [4.69, 9.17) is 27.9 Å². The van der Waals surface area contributed by atoms with Crippen LogP contribution in [0.2, 0.25) is 10.0 Å². The Morgan fingerprint density at radius 3 is 2.38 bits per heavy atom. The number of benzene rings is 3. The Hall–Kier alpha value is -3.61. The van der Waals surface area contributed by atoms with E-state index >= 15 is 0 Å². The van der Waals surface area contributed by atoms with E-state index in [2.05, 4.69) is 5.32 Å². The topological polar surface area (TPSA) is 75.7 Å². The highest BCUT2D eigenvalue weighted by molar-refractivity contribution is 6.39. The standard InChI is InChI=1S/C24H16Cl2N2O4/c25-17-9-7-15(8-10-17)14-32-20-6-1-3-16(11-20)12-21-22(29)27-24(31)28(23(21)30)19-5-2-4-18(26)13-19/h1-13H,14H2,(H,27,29,31)/b21-12-. The monoisotopic (exact) mass is 466 g/mol. The van der Waals surface area contributed by atoms with Gasteiger partial charge in [-0.05, 0) is 59.7 Å². The number of carbonyl (C=O) groups is 3. The van der Waals surface area contributed by atoms with Crippen molar-refractivity contribution in [3.8, 4) is 5.75 Å². The summed E-state index contributed by atoms with van der Waals surface area (Å²) in [6, 6.07) is 19.6. The number of imide groups is 2. The van der Waals surface area contributed by atoms with Gasteiger partial charge in [0, 0.05) is 10.0 Å². The SMILES string of the molecule is O=C1NC(=O)N(c2cccc(Cl)c2)C(=O)/C1=C\c1cccc(OCc2ccc(Cl)cc2)c1. The van der Waals surface area contributed by atoms with Crippen molar-refractivity contribution in [2.24, 2.45) is 0 Å². The van der Waals surface area contributed by atoms with Crippen molar-refractivity contribution in [2.75, 3.05) is 4.90 Å². The highest BCUT2D eigenvalue weighted by Crippen LogP contribution is 2.25. The van der Waals surface area contributed by atoms with Gasteiger partial charge in [-0.1, -0.05) is 53.5 Å². The number of ether oxygens (including phenoxy) is 1. The summed E-state index contributed by atoms with van der Waals surface area (Å²) >= 11 is 11.9. The Kier molecular flexibility index (Phi) is 6.25. The molecule has 3 aromatic rings. The van der Waals surface area contributed by atoms with E-state index in [1.54, 1.807) is 54.6 Å². The molecule has 0 spiro atoms. The van der Waals surface area contributed by atoms with Gasteiger partial charge in [-0.3, -0.25) is 14.9 Å². The maximum absolute atomic E-state index is 13.0. The van der Waals surface area contributed by atoms with Crippen molar-refractivity contribution in [3.63, 3.8) is 0 Å². The lowest BCUT2D eigenvalue weighted by molar-refractivity contribution is -0.122. The maximum Gasteiger partial charge on any atom is 0.335 e. The Morgan fingerprint density at radius 1 is 0.875 bits per heavy atom. The number of urea groups is 1. The number of nitrogens with zero attached hydrogens (tertiary/aromatic N) is 1. The first-order chi connectivity index (χ1) is 15.4. The Morgan fingerprint density at radius 2 is 1.62 bits per heavy atom. The lowest BCUT2D eigenvalue weighted by Gasteiger charge is -2.26. The molecule has 1 saturated heterocycles. The van der Waals surface area contributed by atoms with E-state index in [1.165, 1.54) is 12.1 Å². The molecule has 4 rings (SSSR count). The zero-order valence-corrected chi connectivity index (χ0v) is 18.1. The molecule has 32 heavy (non-hydrogen) atoms. The number of halogens is 2. The minimum atomic E-state index is -0.834. The fourth-order valence-electron chi connectivity index (χ4n) is 3.12. The number of amides is 4. The van der Waals surface area contributed by atoms with Crippen LogP contribution in [-0.2, 0) is 16.2 Å². The number of carbonyl (C=O) groups excluding carboxylic acids is 3. The van der Waals surface area contributed by atoms with E-state index in [0.717, 1.165) is 10.5 Å². The zero-order valence-electron chi connectivity index (χ0n) is 16.5. The fraction of sp³-hybridized carbons (Fsp3) is 0.0417. The molecular weight excluding hydrogens is 451 g/mol. The molecule has 6 nitrogen and oxygen atoms in total. The van der Waals surface area contributed by atoms with Gasteiger partial charge in [0.15, 0.2) is 0 Å². The van der Waals surface area contributed by atoms with Crippen LogP contribution < -0.4 is 15.0 Å². The predicted octanol–water partition coefficient (Wildman–Crippen LogP) is 5.24. The van der Waals surface area contributed by atoms with Crippen molar-refractivity contribution >= 4 is 52.8 Å². The quantitative estimate of drug-likeness (QED) is 0.412. The molecule has 0 saturated carbocycles. The molecule has 1 heterocycles. The maximum atomic E-state index is 13.0. The second-order valence-corrected chi connectivity index (χ2v) is 7.80. The van der Waals surface area contributed by atoms with Crippen molar-refractivity contribution in [2.45, 2.75) is 6.61 Å². The van der Waals surface area contributed by atoms with Crippen LogP contribution in [0.15, 0.2) is 78.4 Å². The van der Waals surface area contributed by atoms with Gasteiger partial charge >= 0.3 is 6.03 Å². The molecule has 0 aliphatic carbocycles. The number of rotatable bonds is 5. The van der Waals surface area contributed by atoms with Crippen molar-refractivity contribution in [3.05, 3.63) is 99.5 Å². The molecule has 1 N–H and O–H groups in total. The van der Waals surface area contributed by atoms with Crippen LogP contribution in [-0.4, -0.2) is 17.8 Å². The first-order valence-corrected chi connectivity index (χ1v) is 10.3. The summed E-state index contributed by atoms with van der Waals surface area (Å²) < 4.78 is 5.80. The van der Waals surface area contributed by atoms with Gasteiger partial charge in [0.05, 0.1) is 5.69 Å². The predicted molar refractivity (Wildman–Crippen MR) is 123 cm³/mol. The van der Waals surface area contributed by atoms with E-state index in [9.17, 15) is 14.4 Å². The second-order valence-electron chi connectivity index (χ2n) is 6.93. The van der Waals surface area contributed by atoms with Crippen LogP contribution in [0.5, 0.6) is 5.75 Å². The van der Waals surface area contributed by atoms with Gasteiger partial charge in [-0.25, -0.2) is 9.69 Å². The lowest BCUT2D eigenvalue weighted by atomic mass is 10.1. The molecular formula is C24H16Cl2N2O4. The number of hydrogen-bond donors (Lipinski definition) is 1. The molecule has 0 bridgehead atoms. The molecule has 0 aromatic heterocycles. The van der Waals surface area contributed by atoms with Crippen LogP contribution >= 0.6 is 23.2 Å². The van der Waals surface area contributed by atoms with E-state index in [-0.39, 0.29) is 11.3 Å². The third-order valence-corrected chi connectivity index (χ3v) is 5.14. The summed E-state index contributed by atoms with van der Waals surface area (Å²) in [7, 11) is 0. The summed E-state index contributed by atoms with van der Waals surface area (Å²) in [5, 5.41) is 3.19. The van der Waals surface area contributed by atoms with Crippen LogP contribution in [0.3, 0.4) is 0 Å². The molecule has 0 radical (unpaired) electrons. The fourth-order valence-corrected chi connectivity index (χ4v) is 3.43. The average molecular weight is 467 g/mol. The molecule has 160 valence electrons. The van der Waals surface area contributed by atoms with Gasteiger partial charge in [0.25, 0.3) is 11.8 Å². The normalized spacial score (nSPS) is 15.1. The van der Waals surface area contributed by atoms with Gasteiger partial charge in [-0.15, -0.1) is 0 Å². The first kappa shape index (κ1) is 21.6. The molecule has 0 atom stereocenters. The minimum Gasteiger partial charge on any atom is -0.489 e. The van der Waals surface area contributed by atoms with Gasteiger partial charge in [0.2, 0.25) is 0 Å². The van der Waals surface area contributed by atoms with Gasteiger partial charge in [-0.2, -0.15) is 0 Å². The molecule has 0 unspecified atom stereocenters. The Bertz CT molecular complexity index is 1240. The smallest absolute Gasteiger partial charge is 0.335 e. The van der Waals surface area contributed by atoms with Gasteiger partial charge < -0.3 is 4.74 Å². The average Bonchev–Trinajstić information content (AvgIpc) is 2.76.